The second-order valence-corrected chi connectivity index (χ2v) is 10.0. The number of aromatic nitrogens is 3. The van der Waals surface area contributed by atoms with Gasteiger partial charge in [0.25, 0.3) is 5.91 Å². The molecule has 0 radical (unpaired) electrons. The van der Waals surface area contributed by atoms with Gasteiger partial charge in [-0.3, -0.25) is 4.79 Å². The minimum Gasteiger partial charge on any atom is -0.492 e. The topological polar surface area (TPSA) is 154 Å². The van der Waals surface area contributed by atoms with Gasteiger partial charge < -0.3 is 29.5 Å². The van der Waals surface area contributed by atoms with Crippen molar-refractivity contribution in [2.45, 2.75) is 18.7 Å². The summed E-state index contributed by atoms with van der Waals surface area (Å²) in [5.74, 6) is -1.38. The fourth-order valence-electron chi connectivity index (χ4n) is 4.79. The van der Waals surface area contributed by atoms with Crippen LogP contribution >= 0.6 is 0 Å². The average molecular weight is 641 g/mol. The van der Waals surface area contributed by atoms with Gasteiger partial charge in [-0.25, -0.2) is 14.3 Å². The van der Waals surface area contributed by atoms with Crippen LogP contribution in [0.15, 0.2) is 67.1 Å². The van der Waals surface area contributed by atoms with Gasteiger partial charge in [-0.15, -0.1) is 0 Å². The largest absolute Gasteiger partial charge is 0.492 e. The Bertz CT molecular complexity index is 1670. The van der Waals surface area contributed by atoms with Crippen LogP contribution in [0.2, 0.25) is 0 Å². The molecule has 0 spiro atoms. The van der Waals surface area contributed by atoms with Crippen LogP contribution in [0.25, 0.3) is 16.6 Å². The quantitative estimate of drug-likeness (QED) is 0.259. The number of anilines is 1. The monoisotopic (exact) mass is 640 g/mol. The van der Waals surface area contributed by atoms with Crippen molar-refractivity contribution in [3.05, 3.63) is 78.2 Å². The minimum atomic E-state index is -5.08. The molecule has 1 atom stereocenters. The molecule has 46 heavy (non-hydrogen) atoms. The number of ether oxygens (including phenoxy) is 2. The van der Waals surface area contributed by atoms with Crippen molar-refractivity contribution in [3.63, 3.8) is 0 Å². The summed E-state index contributed by atoms with van der Waals surface area (Å²) in [5, 5.41) is 30.1. The molecule has 1 aliphatic rings. The van der Waals surface area contributed by atoms with E-state index in [0.717, 1.165) is 22.5 Å². The Morgan fingerprint density at radius 1 is 1.09 bits per heavy atom. The third-order valence-electron chi connectivity index (χ3n) is 7.06. The number of aliphatic hydroxyl groups excluding tert-OH is 1. The van der Waals surface area contributed by atoms with E-state index >= 15 is 0 Å². The Hall–Kier alpha value is -5.20. The van der Waals surface area contributed by atoms with Gasteiger partial charge in [0, 0.05) is 63.6 Å². The molecule has 1 fully saturated rings. The lowest BCUT2D eigenvalue weighted by atomic mass is 10.1. The molecule has 2 N–H and O–H groups in total. The van der Waals surface area contributed by atoms with Crippen LogP contribution in [0.5, 0.6) is 5.75 Å². The number of nitriles is 1. The summed E-state index contributed by atoms with van der Waals surface area (Å²) in [7, 11) is 1.56. The van der Waals surface area contributed by atoms with Crippen LogP contribution in [0.3, 0.4) is 0 Å². The van der Waals surface area contributed by atoms with Crippen LogP contribution < -0.4 is 9.64 Å². The summed E-state index contributed by atoms with van der Waals surface area (Å²) in [5.41, 5.74) is 3.60. The van der Waals surface area contributed by atoms with Gasteiger partial charge >= 0.3 is 12.1 Å². The Morgan fingerprint density at radius 2 is 1.78 bits per heavy atom. The van der Waals surface area contributed by atoms with Crippen molar-refractivity contribution >= 4 is 23.2 Å². The normalized spacial score (nSPS) is 13.8. The molecule has 0 saturated carbocycles. The molecule has 0 bridgehead atoms. The lowest BCUT2D eigenvalue weighted by molar-refractivity contribution is -0.192. The maximum atomic E-state index is 13.1. The molecule has 242 valence electrons. The molecular weight excluding hydrogens is 609 g/mol. The standard InChI is InChI=1S/C29H30N6O4.C2HF3O2/c1-38-28(21-6-3-2-4-7-21)29(37)34-12-10-33(11-13-34)26-9-8-22(18-31-26)25-16-24(39-15-5-14-36)20-35-27(25)23(17-30)19-32-35;3-2(4,5)1(6)7/h2-4,6-9,16,18-20,28,36H,5,10-15H2,1H3;(H,6,7). The number of carbonyl (C=O) groups is 2. The number of halogens is 3. The summed E-state index contributed by atoms with van der Waals surface area (Å²) in [6.07, 6.45) is -0.137. The van der Waals surface area contributed by atoms with E-state index in [4.69, 9.17) is 29.5 Å². The third-order valence-corrected chi connectivity index (χ3v) is 7.06. The number of aliphatic carboxylic acids is 1. The third kappa shape index (κ3) is 8.09. The zero-order chi connectivity index (χ0) is 33.3. The smallest absolute Gasteiger partial charge is 0.490 e. The van der Waals surface area contributed by atoms with Gasteiger partial charge in [0.1, 0.15) is 17.6 Å². The van der Waals surface area contributed by atoms with Crippen LogP contribution in [0, 0.1) is 11.3 Å². The first-order chi connectivity index (χ1) is 22.1. The number of amides is 1. The number of rotatable bonds is 9. The van der Waals surface area contributed by atoms with Gasteiger partial charge in [0.05, 0.1) is 30.1 Å². The Kier molecular flexibility index (Phi) is 11.1. The SMILES string of the molecule is COC(C(=O)N1CCN(c2ccc(-c3cc(OCCCO)cn4ncc(C#N)c34)cn2)CC1)c1ccccc1.O=C(O)C(F)(F)F. The van der Waals surface area contributed by atoms with E-state index in [1.54, 1.807) is 24.0 Å². The summed E-state index contributed by atoms with van der Waals surface area (Å²) in [6, 6.07) is 17.5. The number of alkyl halides is 3. The highest BCUT2D eigenvalue weighted by Crippen LogP contribution is 2.31. The molecule has 12 nitrogen and oxygen atoms in total. The van der Waals surface area contributed by atoms with E-state index in [-0.39, 0.29) is 12.5 Å². The molecule has 1 unspecified atom stereocenters. The average Bonchev–Trinajstić information content (AvgIpc) is 3.48. The number of benzene rings is 1. The zero-order valence-electron chi connectivity index (χ0n) is 24.7. The second-order valence-electron chi connectivity index (χ2n) is 10.0. The van der Waals surface area contributed by atoms with Crippen molar-refractivity contribution in [3.8, 4) is 22.9 Å². The van der Waals surface area contributed by atoms with Gasteiger partial charge in [-0.1, -0.05) is 30.3 Å². The first-order valence-electron chi connectivity index (χ1n) is 14.1. The van der Waals surface area contributed by atoms with Crippen molar-refractivity contribution in [1.82, 2.24) is 19.5 Å². The Balaban J connectivity index is 0.000000617. The Morgan fingerprint density at radius 3 is 2.35 bits per heavy atom. The van der Waals surface area contributed by atoms with Crippen LogP contribution in [0.1, 0.15) is 23.7 Å². The lowest BCUT2D eigenvalue weighted by Gasteiger charge is -2.36. The van der Waals surface area contributed by atoms with Crippen LogP contribution in [0.4, 0.5) is 19.0 Å². The van der Waals surface area contributed by atoms with Gasteiger partial charge in [-0.2, -0.15) is 23.5 Å². The maximum Gasteiger partial charge on any atom is 0.490 e. The number of piperazine rings is 1. The van der Waals surface area contributed by atoms with Crippen LogP contribution in [-0.2, 0) is 14.3 Å². The highest BCUT2D eigenvalue weighted by Gasteiger charge is 2.38. The number of methoxy groups -OCH3 is 1. The lowest BCUT2D eigenvalue weighted by Crippen LogP contribution is -2.50. The summed E-state index contributed by atoms with van der Waals surface area (Å²) >= 11 is 0. The number of carbonyl (C=O) groups excluding carboxylic acids is 1. The van der Waals surface area contributed by atoms with Crippen molar-refractivity contribution in [2.24, 2.45) is 0 Å². The molecule has 5 rings (SSSR count). The first kappa shape index (κ1) is 33.7. The fourth-order valence-corrected chi connectivity index (χ4v) is 4.79. The Labute approximate surface area is 261 Å². The number of carboxylic acids is 1. The molecule has 0 aliphatic carbocycles. The molecule has 1 saturated heterocycles. The molecule has 15 heteroatoms. The molecule has 1 aliphatic heterocycles. The van der Waals surface area contributed by atoms with E-state index in [1.165, 1.54) is 6.20 Å². The highest BCUT2D eigenvalue weighted by molar-refractivity contribution is 5.85. The summed E-state index contributed by atoms with van der Waals surface area (Å²) in [4.78, 5) is 30.7. The van der Waals surface area contributed by atoms with Crippen molar-refractivity contribution in [1.29, 1.82) is 5.26 Å². The van der Waals surface area contributed by atoms with E-state index in [9.17, 15) is 23.2 Å². The zero-order valence-corrected chi connectivity index (χ0v) is 24.7. The molecule has 4 heterocycles. The molecule has 4 aromatic rings. The number of fused-ring (bicyclic) bond motifs is 1. The van der Waals surface area contributed by atoms with E-state index in [2.05, 4.69) is 16.1 Å². The van der Waals surface area contributed by atoms with E-state index in [1.807, 2.05) is 53.4 Å². The van der Waals surface area contributed by atoms with Crippen molar-refractivity contribution in [2.75, 3.05) is 51.4 Å². The molecule has 1 aromatic carbocycles. The second kappa shape index (κ2) is 15.2. The first-order valence-corrected chi connectivity index (χ1v) is 14.1. The van der Waals surface area contributed by atoms with Gasteiger partial charge in [-0.05, 0) is 23.8 Å². The summed E-state index contributed by atoms with van der Waals surface area (Å²) < 4.78 is 44.7. The molecule has 3 aromatic heterocycles. The van der Waals surface area contributed by atoms with E-state index in [0.29, 0.717) is 56.0 Å². The summed E-state index contributed by atoms with van der Waals surface area (Å²) in [6.45, 7) is 2.87. The van der Waals surface area contributed by atoms with Gasteiger partial charge in [0.15, 0.2) is 6.10 Å². The number of hydrogen-bond donors (Lipinski definition) is 2. The predicted octanol–water partition coefficient (Wildman–Crippen LogP) is 3.70. The van der Waals surface area contributed by atoms with Gasteiger partial charge in [0.2, 0.25) is 0 Å². The fraction of sp³-hybridized carbons (Fsp3) is 0.323. The minimum absolute atomic E-state index is 0.0362. The number of nitrogens with zero attached hydrogens (tertiary/aromatic N) is 6. The van der Waals surface area contributed by atoms with Crippen LogP contribution in [-0.4, -0.2) is 94.3 Å². The molecular formula is C31H31F3N6O6. The predicted molar refractivity (Wildman–Crippen MR) is 159 cm³/mol. The number of hydrogen-bond acceptors (Lipinski definition) is 9. The number of aliphatic hydroxyl groups is 1. The number of carboxylic acid groups (broad SMARTS) is 1. The highest BCUT2D eigenvalue weighted by atomic mass is 19.4. The number of pyridine rings is 2. The van der Waals surface area contributed by atoms with Crippen molar-refractivity contribution < 1.29 is 42.4 Å². The maximum absolute atomic E-state index is 13.1. The molecule has 1 amide bonds. The van der Waals surface area contributed by atoms with E-state index < -0.39 is 18.2 Å².